The largest absolute Gasteiger partial charge is 0.497 e. The third-order valence-electron chi connectivity index (χ3n) is 6.07. The zero-order chi connectivity index (χ0) is 19.8. The van der Waals surface area contributed by atoms with E-state index in [0.717, 1.165) is 31.3 Å². The van der Waals surface area contributed by atoms with Gasteiger partial charge in [-0.1, -0.05) is 12.1 Å². The average Bonchev–Trinajstić information content (AvgIpc) is 3.22. The van der Waals surface area contributed by atoms with Crippen molar-refractivity contribution in [2.24, 2.45) is 4.99 Å². The van der Waals surface area contributed by atoms with Crippen LogP contribution in [0.4, 0.5) is 0 Å². The topological polar surface area (TPSA) is 43.3 Å². The smallest absolute Gasteiger partial charge is 0.193 e. The lowest BCUT2D eigenvalue weighted by Crippen LogP contribution is -2.44. The highest BCUT2D eigenvalue weighted by Gasteiger charge is 2.26. The van der Waals surface area contributed by atoms with E-state index in [0.29, 0.717) is 5.92 Å². The summed E-state index contributed by atoms with van der Waals surface area (Å²) in [5.74, 6) is 2.55. The van der Waals surface area contributed by atoms with Crippen LogP contribution in [0.2, 0.25) is 0 Å². The second kappa shape index (κ2) is 10.7. The minimum atomic E-state index is 0.571. The van der Waals surface area contributed by atoms with Gasteiger partial charge in [-0.15, -0.1) is 0 Å². The fraction of sp³-hybridized carbons (Fsp3) is 0.682. The molecule has 1 N–H and O–H groups in total. The molecule has 0 saturated carbocycles. The van der Waals surface area contributed by atoms with Crippen molar-refractivity contribution in [2.45, 2.75) is 25.2 Å². The van der Waals surface area contributed by atoms with Crippen LogP contribution in [0.1, 0.15) is 30.7 Å². The molecule has 6 heteroatoms. The third kappa shape index (κ3) is 5.85. The van der Waals surface area contributed by atoms with Crippen LogP contribution in [0.3, 0.4) is 0 Å². The van der Waals surface area contributed by atoms with Crippen molar-refractivity contribution in [3.05, 3.63) is 29.8 Å². The van der Waals surface area contributed by atoms with Crippen molar-refractivity contribution in [3.63, 3.8) is 0 Å². The number of likely N-dealkylation sites (tertiary alicyclic amines) is 1. The number of piperazine rings is 1. The highest BCUT2D eigenvalue weighted by Crippen LogP contribution is 2.28. The van der Waals surface area contributed by atoms with Gasteiger partial charge in [0.15, 0.2) is 5.96 Å². The normalized spacial score (nSPS) is 21.9. The molecule has 1 aromatic carbocycles. The first kappa shape index (κ1) is 20.9. The average molecular weight is 388 g/mol. The van der Waals surface area contributed by atoms with Crippen molar-refractivity contribution < 1.29 is 4.74 Å². The zero-order valence-corrected chi connectivity index (χ0v) is 17.9. The Morgan fingerprint density at radius 3 is 2.54 bits per heavy atom. The Labute approximate surface area is 170 Å². The van der Waals surface area contributed by atoms with E-state index in [1.807, 2.05) is 7.05 Å². The summed E-state index contributed by atoms with van der Waals surface area (Å²) < 4.78 is 5.27. The molecule has 156 valence electrons. The highest BCUT2D eigenvalue weighted by atomic mass is 16.5. The molecule has 1 aromatic rings. The van der Waals surface area contributed by atoms with Crippen molar-refractivity contribution in [1.29, 1.82) is 0 Å². The van der Waals surface area contributed by atoms with Crippen LogP contribution >= 0.6 is 0 Å². The molecule has 0 radical (unpaired) electrons. The standard InChI is InChI=1S/C22H37N5O/c1-23-22(24-11-4-5-12-26-16-14-25(2)15-17-26)27-13-10-20(18-27)19-6-8-21(28-3)9-7-19/h6-9,20H,4-5,10-18H2,1-3H3,(H,23,24). The second-order valence-corrected chi connectivity index (χ2v) is 8.03. The van der Waals surface area contributed by atoms with Crippen LogP contribution in [0, 0.1) is 0 Å². The Bertz CT molecular complexity index is 610. The molecular formula is C22H37N5O. The van der Waals surface area contributed by atoms with Crippen LogP contribution in [0.25, 0.3) is 0 Å². The molecule has 3 rings (SSSR count). The molecule has 0 amide bonds. The second-order valence-electron chi connectivity index (χ2n) is 8.03. The van der Waals surface area contributed by atoms with E-state index in [1.54, 1.807) is 7.11 Å². The molecule has 0 spiro atoms. The zero-order valence-electron chi connectivity index (χ0n) is 17.9. The van der Waals surface area contributed by atoms with E-state index in [4.69, 9.17) is 4.74 Å². The molecule has 2 fully saturated rings. The maximum absolute atomic E-state index is 5.27. The van der Waals surface area contributed by atoms with Gasteiger partial charge in [0.05, 0.1) is 7.11 Å². The number of rotatable bonds is 7. The predicted molar refractivity (Wildman–Crippen MR) is 116 cm³/mol. The first-order valence-electron chi connectivity index (χ1n) is 10.7. The van der Waals surface area contributed by atoms with Crippen LogP contribution in [-0.4, -0.2) is 94.2 Å². The van der Waals surface area contributed by atoms with Crippen molar-refractivity contribution in [2.75, 3.05) is 73.6 Å². The number of hydrogen-bond acceptors (Lipinski definition) is 4. The van der Waals surface area contributed by atoms with Gasteiger partial charge in [0.1, 0.15) is 5.75 Å². The lowest BCUT2D eigenvalue weighted by molar-refractivity contribution is 0.152. The molecule has 2 saturated heterocycles. The molecule has 0 aliphatic carbocycles. The van der Waals surface area contributed by atoms with E-state index in [1.165, 1.54) is 57.5 Å². The summed E-state index contributed by atoms with van der Waals surface area (Å²) in [6, 6.07) is 8.51. The van der Waals surface area contributed by atoms with Gasteiger partial charge in [0.25, 0.3) is 0 Å². The summed E-state index contributed by atoms with van der Waals surface area (Å²) in [5, 5.41) is 3.58. The van der Waals surface area contributed by atoms with Gasteiger partial charge in [-0.05, 0) is 50.6 Å². The molecule has 28 heavy (non-hydrogen) atoms. The number of aliphatic imine (C=N–C) groups is 1. The number of ether oxygens (including phenoxy) is 1. The van der Waals surface area contributed by atoms with Gasteiger partial charge in [-0.3, -0.25) is 4.99 Å². The van der Waals surface area contributed by atoms with Gasteiger partial charge < -0.3 is 24.8 Å². The maximum atomic E-state index is 5.27. The molecule has 2 aliphatic heterocycles. The molecule has 0 bridgehead atoms. The fourth-order valence-corrected chi connectivity index (χ4v) is 4.17. The lowest BCUT2D eigenvalue weighted by Gasteiger charge is -2.32. The van der Waals surface area contributed by atoms with Crippen LogP contribution in [0.5, 0.6) is 5.75 Å². The minimum absolute atomic E-state index is 0.571. The fourth-order valence-electron chi connectivity index (χ4n) is 4.17. The van der Waals surface area contributed by atoms with Gasteiger partial charge in [0, 0.05) is 58.8 Å². The van der Waals surface area contributed by atoms with Gasteiger partial charge in [-0.2, -0.15) is 0 Å². The Morgan fingerprint density at radius 1 is 1.11 bits per heavy atom. The number of likely N-dealkylation sites (N-methyl/N-ethyl adjacent to an activating group) is 1. The molecular weight excluding hydrogens is 350 g/mol. The maximum Gasteiger partial charge on any atom is 0.193 e. The number of nitrogens with zero attached hydrogens (tertiary/aromatic N) is 4. The summed E-state index contributed by atoms with van der Waals surface area (Å²) >= 11 is 0. The van der Waals surface area contributed by atoms with E-state index in [2.05, 4.69) is 56.3 Å². The first-order chi connectivity index (χ1) is 13.7. The molecule has 2 aliphatic rings. The molecule has 1 atom stereocenters. The Morgan fingerprint density at radius 2 is 1.86 bits per heavy atom. The number of hydrogen-bond donors (Lipinski definition) is 1. The summed E-state index contributed by atoms with van der Waals surface area (Å²) in [5.41, 5.74) is 1.39. The van der Waals surface area contributed by atoms with Gasteiger partial charge in [-0.25, -0.2) is 0 Å². The Balaban J connectivity index is 1.36. The number of nitrogens with one attached hydrogen (secondary N) is 1. The van der Waals surface area contributed by atoms with E-state index in [9.17, 15) is 0 Å². The van der Waals surface area contributed by atoms with E-state index in [-0.39, 0.29) is 0 Å². The van der Waals surface area contributed by atoms with Crippen LogP contribution in [0.15, 0.2) is 29.3 Å². The van der Waals surface area contributed by atoms with Gasteiger partial charge in [0.2, 0.25) is 0 Å². The van der Waals surface area contributed by atoms with Crippen molar-refractivity contribution >= 4 is 5.96 Å². The predicted octanol–water partition coefficient (Wildman–Crippen LogP) is 2.09. The molecule has 6 nitrogen and oxygen atoms in total. The monoisotopic (exact) mass is 387 g/mol. The summed E-state index contributed by atoms with van der Waals surface area (Å²) in [7, 11) is 5.82. The van der Waals surface area contributed by atoms with Crippen molar-refractivity contribution in [1.82, 2.24) is 20.0 Å². The van der Waals surface area contributed by atoms with Crippen LogP contribution < -0.4 is 10.1 Å². The molecule has 1 unspecified atom stereocenters. The quantitative estimate of drug-likeness (QED) is 0.441. The number of guanidine groups is 1. The number of unbranched alkanes of at least 4 members (excludes halogenated alkanes) is 1. The summed E-state index contributed by atoms with van der Waals surface area (Å²) in [4.78, 5) is 11.9. The number of methoxy groups -OCH3 is 1. The number of benzene rings is 1. The summed E-state index contributed by atoms with van der Waals surface area (Å²) in [6.07, 6.45) is 3.62. The van der Waals surface area contributed by atoms with Crippen molar-refractivity contribution in [3.8, 4) is 5.75 Å². The van der Waals surface area contributed by atoms with Gasteiger partial charge >= 0.3 is 0 Å². The van der Waals surface area contributed by atoms with E-state index >= 15 is 0 Å². The van der Waals surface area contributed by atoms with E-state index < -0.39 is 0 Å². The Hall–Kier alpha value is -1.79. The molecule has 2 heterocycles. The summed E-state index contributed by atoms with van der Waals surface area (Å²) in [6.45, 7) is 9.16. The Kier molecular flexibility index (Phi) is 7.98. The minimum Gasteiger partial charge on any atom is -0.497 e. The SMILES string of the molecule is CN=C(NCCCCN1CCN(C)CC1)N1CCC(c2ccc(OC)cc2)C1. The lowest BCUT2D eigenvalue weighted by atomic mass is 9.98. The third-order valence-corrected chi connectivity index (χ3v) is 6.07. The highest BCUT2D eigenvalue weighted by molar-refractivity contribution is 5.80. The van der Waals surface area contributed by atoms with Crippen LogP contribution in [-0.2, 0) is 0 Å². The molecule has 0 aromatic heterocycles. The first-order valence-corrected chi connectivity index (χ1v) is 10.7.